The second kappa shape index (κ2) is 15.6. The molecule has 1 aliphatic heterocycles. The van der Waals surface area contributed by atoms with Gasteiger partial charge in [0.15, 0.2) is 0 Å². The number of nitrogens with zero attached hydrogens (tertiary/aromatic N) is 1. The molecule has 3 N–H and O–H groups in total. The van der Waals surface area contributed by atoms with E-state index in [4.69, 9.17) is 9.84 Å². The highest BCUT2D eigenvalue weighted by molar-refractivity contribution is 5.95. The van der Waals surface area contributed by atoms with Gasteiger partial charge in [-0.1, -0.05) is 78.1 Å². The Kier molecular flexibility index (Phi) is 13.2. The summed E-state index contributed by atoms with van der Waals surface area (Å²) < 4.78 is 4.94. The van der Waals surface area contributed by atoms with Gasteiger partial charge < -0.3 is 20.1 Å². The van der Waals surface area contributed by atoms with Gasteiger partial charge in [0.25, 0.3) is 0 Å². The number of rotatable bonds is 12. The van der Waals surface area contributed by atoms with E-state index in [-0.39, 0.29) is 18.6 Å². The van der Waals surface area contributed by atoms with E-state index < -0.39 is 36.1 Å². The number of hydrogen-bond acceptors (Lipinski definition) is 6. The monoisotopic (exact) mass is 511 g/mol. The molecule has 3 fully saturated rings. The number of carbonyl (C=O) groups excluding carboxylic acids is 2. The fourth-order valence-corrected chi connectivity index (χ4v) is 6.05. The van der Waals surface area contributed by atoms with Crippen molar-refractivity contribution in [3.63, 3.8) is 0 Å². The Labute approximate surface area is 216 Å². The van der Waals surface area contributed by atoms with E-state index in [9.17, 15) is 24.6 Å². The van der Waals surface area contributed by atoms with Crippen molar-refractivity contribution in [1.82, 2.24) is 4.90 Å². The van der Waals surface area contributed by atoms with E-state index in [0.717, 1.165) is 38.5 Å². The third-order valence-electron chi connectivity index (χ3n) is 8.18. The van der Waals surface area contributed by atoms with Crippen molar-refractivity contribution < 1.29 is 34.4 Å². The predicted molar refractivity (Wildman–Crippen MR) is 137 cm³/mol. The average Bonchev–Trinajstić information content (AvgIpc) is 3.59. The number of amides is 2. The molecule has 3 aliphatic rings. The molecule has 36 heavy (non-hydrogen) atoms. The predicted octanol–water partition coefficient (Wildman–Crippen LogP) is 5.14. The molecule has 2 amide bonds. The molecule has 1 saturated heterocycles. The van der Waals surface area contributed by atoms with Crippen molar-refractivity contribution in [3.05, 3.63) is 0 Å². The number of aliphatic hydroxyl groups is 2. The van der Waals surface area contributed by atoms with Crippen LogP contribution in [0.4, 0.5) is 4.79 Å². The first kappa shape index (κ1) is 30.6. The maximum absolute atomic E-state index is 12.7. The smallest absolute Gasteiger partial charge is 0.416 e. The van der Waals surface area contributed by atoms with Crippen LogP contribution in [-0.2, 0) is 14.3 Å². The summed E-state index contributed by atoms with van der Waals surface area (Å²) in [5, 5.41) is 29.2. The standard InChI is InChI=1S/C16H27NO4.C12H22O3/c1-3-6-14(18)13(9-12-7-4-5-8-12)15(19)17-11(2)10-21-16(17)20;1-2-5-11(13)10(12(14)15)8-9-6-3-4-7-9/h11-14,18H,3-10H2,1-2H3;9-11,13H,2-8H2,1H3,(H,14,15)/t11-,13-,14+;10-,11+/m11/s1. The number of imide groups is 1. The highest BCUT2D eigenvalue weighted by Crippen LogP contribution is 2.34. The van der Waals surface area contributed by atoms with Crippen LogP contribution in [0.3, 0.4) is 0 Å². The maximum atomic E-state index is 12.7. The van der Waals surface area contributed by atoms with Gasteiger partial charge in [-0.2, -0.15) is 0 Å². The zero-order valence-electron chi connectivity index (χ0n) is 22.6. The van der Waals surface area contributed by atoms with Gasteiger partial charge in [-0.15, -0.1) is 0 Å². The van der Waals surface area contributed by atoms with Crippen LogP contribution in [0.2, 0.25) is 0 Å². The Morgan fingerprint density at radius 3 is 1.72 bits per heavy atom. The second-order valence-corrected chi connectivity index (χ2v) is 11.2. The third-order valence-corrected chi connectivity index (χ3v) is 8.18. The van der Waals surface area contributed by atoms with Gasteiger partial charge in [-0.05, 0) is 44.4 Å². The summed E-state index contributed by atoms with van der Waals surface area (Å²) >= 11 is 0. The van der Waals surface area contributed by atoms with Gasteiger partial charge in [0.05, 0.1) is 30.1 Å². The van der Waals surface area contributed by atoms with Gasteiger partial charge in [0, 0.05) is 0 Å². The number of carboxylic acid groups (broad SMARTS) is 1. The normalized spacial score (nSPS) is 24.1. The topological polar surface area (TPSA) is 124 Å². The summed E-state index contributed by atoms with van der Waals surface area (Å²) in [6.07, 6.45) is 11.7. The Hall–Kier alpha value is -1.67. The summed E-state index contributed by atoms with van der Waals surface area (Å²) in [4.78, 5) is 36.7. The number of ether oxygens (including phenoxy) is 1. The number of hydrogen-bond donors (Lipinski definition) is 3. The molecule has 2 aliphatic carbocycles. The minimum Gasteiger partial charge on any atom is -0.481 e. The van der Waals surface area contributed by atoms with Gasteiger partial charge in [-0.3, -0.25) is 9.59 Å². The van der Waals surface area contributed by atoms with Crippen LogP contribution in [0.5, 0.6) is 0 Å². The lowest BCUT2D eigenvalue weighted by molar-refractivity contribution is -0.146. The van der Waals surface area contributed by atoms with Crippen LogP contribution in [0, 0.1) is 23.7 Å². The SMILES string of the molecule is CCC[C@H](O)[C@@H](CC1CCCC1)C(=O)N1C(=O)OC[C@H]1C.CCC[C@H](O)[C@@H](CC1CCCC1)C(=O)O. The largest absolute Gasteiger partial charge is 0.481 e. The number of carbonyl (C=O) groups is 3. The van der Waals surface area contributed by atoms with Crippen molar-refractivity contribution in [3.8, 4) is 0 Å². The van der Waals surface area contributed by atoms with Crippen LogP contribution in [-0.4, -0.2) is 63.0 Å². The summed E-state index contributed by atoms with van der Waals surface area (Å²) in [6, 6.07) is -0.232. The van der Waals surface area contributed by atoms with Gasteiger partial charge in [0.2, 0.25) is 5.91 Å². The van der Waals surface area contributed by atoms with E-state index in [1.807, 2.05) is 20.8 Å². The quantitative estimate of drug-likeness (QED) is 0.331. The molecule has 8 nitrogen and oxygen atoms in total. The highest BCUT2D eigenvalue weighted by Gasteiger charge is 2.41. The lowest BCUT2D eigenvalue weighted by Gasteiger charge is -2.28. The first-order chi connectivity index (χ1) is 17.2. The van der Waals surface area contributed by atoms with Crippen LogP contribution in [0.15, 0.2) is 0 Å². The lowest BCUT2D eigenvalue weighted by Crippen LogP contribution is -2.45. The van der Waals surface area contributed by atoms with E-state index >= 15 is 0 Å². The van der Waals surface area contributed by atoms with Crippen molar-refractivity contribution in [2.75, 3.05) is 6.61 Å². The molecule has 208 valence electrons. The van der Waals surface area contributed by atoms with Crippen LogP contribution in [0.25, 0.3) is 0 Å². The molecule has 0 bridgehead atoms. The van der Waals surface area contributed by atoms with Crippen molar-refractivity contribution in [2.24, 2.45) is 23.7 Å². The molecular weight excluding hydrogens is 462 g/mol. The molecule has 2 saturated carbocycles. The van der Waals surface area contributed by atoms with Crippen LogP contribution < -0.4 is 0 Å². The van der Waals surface area contributed by atoms with E-state index in [1.165, 1.54) is 30.6 Å². The number of aliphatic hydroxyl groups excluding tert-OH is 2. The number of cyclic esters (lactones) is 1. The second-order valence-electron chi connectivity index (χ2n) is 11.2. The first-order valence-electron chi connectivity index (χ1n) is 14.3. The number of carboxylic acids is 1. The average molecular weight is 512 g/mol. The molecule has 0 aromatic carbocycles. The summed E-state index contributed by atoms with van der Waals surface area (Å²) in [5.74, 6) is -1.08. The zero-order valence-corrected chi connectivity index (χ0v) is 22.6. The minimum absolute atomic E-state index is 0.232. The molecule has 1 heterocycles. The lowest BCUT2D eigenvalue weighted by atomic mass is 9.86. The molecular formula is C28H49NO7. The number of aliphatic carboxylic acids is 1. The van der Waals surface area contributed by atoms with E-state index in [1.54, 1.807) is 0 Å². The maximum Gasteiger partial charge on any atom is 0.416 e. The Morgan fingerprint density at radius 2 is 1.33 bits per heavy atom. The first-order valence-corrected chi connectivity index (χ1v) is 14.3. The van der Waals surface area contributed by atoms with Gasteiger partial charge in [0.1, 0.15) is 6.61 Å². The molecule has 0 aromatic rings. The van der Waals surface area contributed by atoms with Crippen molar-refractivity contribution >= 4 is 18.0 Å². The minimum atomic E-state index is -0.831. The Morgan fingerprint density at radius 1 is 0.889 bits per heavy atom. The van der Waals surface area contributed by atoms with Gasteiger partial charge in [-0.25, -0.2) is 9.69 Å². The molecule has 0 radical (unpaired) electrons. The molecule has 3 rings (SSSR count). The van der Waals surface area contributed by atoms with E-state index in [0.29, 0.717) is 37.5 Å². The Balaban J connectivity index is 0.000000269. The van der Waals surface area contributed by atoms with Gasteiger partial charge >= 0.3 is 12.1 Å². The highest BCUT2D eigenvalue weighted by atomic mass is 16.6. The molecule has 0 aromatic heterocycles. The van der Waals surface area contributed by atoms with Crippen molar-refractivity contribution in [1.29, 1.82) is 0 Å². The zero-order chi connectivity index (χ0) is 26.7. The molecule has 0 unspecified atom stereocenters. The third kappa shape index (κ3) is 9.02. The van der Waals surface area contributed by atoms with Crippen LogP contribution in [0.1, 0.15) is 111 Å². The Bertz CT molecular complexity index is 687. The molecule has 5 atom stereocenters. The van der Waals surface area contributed by atoms with Crippen LogP contribution >= 0.6 is 0 Å². The summed E-state index contributed by atoms with van der Waals surface area (Å²) in [5.41, 5.74) is 0. The van der Waals surface area contributed by atoms with Crippen molar-refractivity contribution in [2.45, 2.75) is 129 Å². The molecule has 0 spiro atoms. The summed E-state index contributed by atoms with van der Waals surface area (Å²) in [7, 11) is 0. The fraction of sp³-hybridized carbons (Fsp3) is 0.893. The molecule has 8 heteroatoms. The van der Waals surface area contributed by atoms with E-state index in [2.05, 4.69) is 0 Å². The summed E-state index contributed by atoms with van der Waals surface area (Å²) in [6.45, 7) is 6.02. The fourth-order valence-electron chi connectivity index (χ4n) is 6.05.